The Morgan fingerprint density at radius 2 is 2.06 bits per heavy atom. The Kier molecular flexibility index (Phi) is 3.68. The first-order valence-electron chi connectivity index (χ1n) is 5.14. The van der Waals surface area contributed by atoms with Gasteiger partial charge in [-0.1, -0.05) is 19.9 Å². The lowest BCUT2D eigenvalue weighted by molar-refractivity contribution is 0.0600. The van der Waals surface area contributed by atoms with Crippen LogP contribution in [-0.2, 0) is 4.74 Å². The average Bonchev–Trinajstić information content (AvgIpc) is 2.27. The van der Waals surface area contributed by atoms with Gasteiger partial charge in [0.1, 0.15) is 0 Å². The third-order valence-electron chi connectivity index (χ3n) is 2.64. The number of rotatable bonds is 2. The highest BCUT2D eigenvalue weighted by atomic mass is 16.5. The van der Waals surface area contributed by atoms with Gasteiger partial charge in [-0.15, -0.1) is 0 Å². The van der Waals surface area contributed by atoms with E-state index in [1.54, 1.807) is 13.0 Å². The average molecular weight is 217 g/mol. The minimum absolute atomic E-state index is 0.264. The lowest BCUT2D eigenvalue weighted by Crippen LogP contribution is -2.07. The van der Waals surface area contributed by atoms with Gasteiger partial charge in [-0.2, -0.15) is 5.26 Å². The second-order valence-corrected chi connectivity index (χ2v) is 3.96. The lowest BCUT2D eigenvalue weighted by atomic mass is 9.91. The van der Waals surface area contributed by atoms with E-state index in [9.17, 15) is 4.79 Å². The summed E-state index contributed by atoms with van der Waals surface area (Å²) in [6.45, 7) is 5.82. The second kappa shape index (κ2) is 4.80. The molecule has 0 aromatic heterocycles. The van der Waals surface area contributed by atoms with Gasteiger partial charge in [0.15, 0.2) is 0 Å². The number of carbonyl (C=O) groups is 1. The van der Waals surface area contributed by atoms with Crippen molar-refractivity contribution < 1.29 is 9.53 Å². The van der Waals surface area contributed by atoms with E-state index in [0.29, 0.717) is 16.7 Å². The molecule has 0 atom stereocenters. The van der Waals surface area contributed by atoms with Crippen molar-refractivity contribution in [2.45, 2.75) is 26.7 Å². The van der Waals surface area contributed by atoms with E-state index in [0.717, 1.165) is 5.56 Å². The zero-order valence-electron chi connectivity index (χ0n) is 10.00. The zero-order chi connectivity index (χ0) is 12.3. The van der Waals surface area contributed by atoms with Crippen molar-refractivity contribution in [1.82, 2.24) is 0 Å². The number of nitrogens with zero attached hydrogens (tertiary/aromatic N) is 1. The molecule has 0 unspecified atom stereocenters. The molecule has 0 amide bonds. The highest BCUT2D eigenvalue weighted by molar-refractivity contribution is 5.91. The van der Waals surface area contributed by atoms with Crippen molar-refractivity contribution in [2.75, 3.05) is 7.11 Å². The van der Waals surface area contributed by atoms with E-state index < -0.39 is 5.97 Å². The normalized spacial score (nSPS) is 10.0. The summed E-state index contributed by atoms with van der Waals surface area (Å²) in [7, 11) is 1.34. The van der Waals surface area contributed by atoms with Gasteiger partial charge in [0.2, 0.25) is 0 Å². The van der Waals surface area contributed by atoms with E-state index in [1.807, 2.05) is 19.9 Å². The molecule has 3 heteroatoms. The summed E-state index contributed by atoms with van der Waals surface area (Å²) in [6.07, 6.45) is 0. The molecule has 1 aromatic carbocycles. The highest BCUT2D eigenvalue weighted by Gasteiger charge is 2.16. The standard InChI is InChI=1S/C13H15NO2/c1-8(2)10-5-6-11(13(15)16-4)9(3)12(10)7-14/h5-6,8H,1-4H3. The van der Waals surface area contributed by atoms with E-state index in [-0.39, 0.29) is 5.92 Å². The maximum absolute atomic E-state index is 11.5. The topological polar surface area (TPSA) is 50.1 Å². The van der Waals surface area contributed by atoms with Gasteiger partial charge < -0.3 is 4.74 Å². The van der Waals surface area contributed by atoms with Crippen molar-refractivity contribution in [1.29, 1.82) is 5.26 Å². The van der Waals surface area contributed by atoms with Crippen LogP contribution in [0.3, 0.4) is 0 Å². The molecule has 84 valence electrons. The molecule has 1 aromatic rings. The number of nitriles is 1. The van der Waals surface area contributed by atoms with Crippen molar-refractivity contribution in [3.63, 3.8) is 0 Å². The van der Waals surface area contributed by atoms with Gasteiger partial charge in [-0.3, -0.25) is 0 Å². The van der Waals surface area contributed by atoms with Crippen LogP contribution in [0.5, 0.6) is 0 Å². The maximum Gasteiger partial charge on any atom is 0.338 e. The lowest BCUT2D eigenvalue weighted by Gasteiger charge is -2.12. The molecule has 0 fully saturated rings. The predicted octanol–water partition coefficient (Wildman–Crippen LogP) is 2.78. The first-order valence-corrected chi connectivity index (χ1v) is 5.14. The molecule has 0 N–H and O–H groups in total. The Labute approximate surface area is 95.7 Å². The molecule has 0 heterocycles. The number of benzene rings is 1. The van der Waals surface area contributed by atoms with Crippen LogP contribution in [-0.4, -0.2) is 13.1 Å². The maximum atomic E-state index is 11.5. The molecular weight excluding hydrogens is 202 g/mol. The van der Waals surface area contributed by atoms with Crippen LogP contribution in [0.2, 0.25) is 0 Å². The largest absolute Gasteiger partial charge is 0.465 e. The molecule has 3 nitrogen and oxygen atoms in total. The molecule has 0 spiro atoms. The zero-order valence-corrected chi connectivity index (χ0v) is 10.00. The third-order valence-corrected chi connectivity index (χ3v) is 2.64. The molecule has 1 rings (SSSR count). The van der Waals surface area contributed by atoms with Crippen LogP contribution in [0, 0.1) is 18.3 Å². The van der Waals surface area contributed by atoms with Crippen molar-refractivity contribution >= 4 is 5.97 Å². The van der Waals surface area contributed by atoms with Crippen LogP contribution < -0.4 is 0 Å². The molecular formula is C13H15NO2. The molecule has 0 aliphatic heterocycles. The number of carbonyl (C=O) groups excluding carboxylic acids is 1. The smallest absolute Gasteiger partial charge is 0.338 e. The minimum Gasteiger partial charge on any atom is -0.465 e. The quantitative estimate of drug-likeness (QED) is 0.716. The Bertz CT molecular complexity index is 456. The highest BCUT2D eigenvalue weighted by Crippen LogP contribution is 2.24. The molecule has 0 bridgehead atoms. The summed E-state index contributed by atoms with van der Waals surface area (Å²) in [4.78, 5) is 11.5. The molecule has 0 aliphatic rings. The number of hydrogen-bond donors (Lipinski definition) is 0. The van der Waals surface area contributed by atoms with Crippen LogP contribution in [0.4, 0.5) is 0 Å². The summed E-state index contributed by atoms with van der Waals surface area (Å²) in [6, 6.07) is 5.70. The summed E-state index contributed by atoms with van der Waals surface area (Å²) >= 11 is 0. The minimum atomic E-state index is -0.399. The van der Waals surface area contributed by atoms with Gasteiger partial charge in [0, 0.05) is 0 Å². The predicted molar refractivity (Wildman–Crippen MR) is 61.3 cm³/mol. The van der Waals surface area contributed by atoms with Gasteiger partial charge in [0.05, 0.1) is 24.3 Å². The fourth-order valence-electron chi connectivity index (χ4n) is 1.69. The van der Waals surface area contributed by atoms with Gasteiger partial charge >= 0.3 is 5.97 Å². The van der Waals surface area contributed by atoms with Crippen LogP contribution in [0.15, 0.2) is 12.1 Å². The van der Waals surface area contributed by atoms with Crippen LogP contribution >= 0.6 is 0 Å². The van der Waals surface area contributed by atoms with E-state index in [1.165, 1.54) is 7.11 Å². The number of ether oxygens (including phenoxy) is 1. The van der Waals surface area contributed by atoms with Gasteiger partial charge in [0.25, 0.3) is 0 Å². The van der Waals surface area contributed by atoms with Crippen molar-refractivity contribution in [2.24, 2.45) is 0 Å². The summed E-state index contributed by atoms with van der Waals surface area (Å²) in [5.74, 6) is -0.135. The van der Waals surface area contributed by atoms with Crippen molar-refractivity contribution in [3.8, 4) is 6.07 Å². The monoisotopic (exact) mass is 217 g/mol. The molecule has 16 heavy (non-hydrogen) atoms. The Morgan fingerprint density at radius 1 is 1.44 bits per heavy atom. The van der Waals surface area contributed by atoms with Crippen LogP contribution in [0.1, 0.15) is 46.8 Å². The Balaban J connectivity index is 3.42. The molecule has 0 saturated heterocycles. The summed E-state index contributed by atoms with van der Waals surface area (Å²) < 4.78 is 4.67. The van der Waals surface area contributed by atoms with Crippen molar-refractivity contribution in [3.05, 3.63) is 34.4 Å². The fraction of sp³-hybridized carbons (Fsp3) is 0.385. The number of hydrogen-bond acceptors (Lipinski definition) is 3. The first kappa shape index (κ1) is 12.3. The van der Waals surface area contributed by atoms with E-state index in [4.69, 9.17) is 5.26 Å². The molecule has 0 aliphatic carbocycles. The molecule has 0 radical (unpaired) electrons. The summed E-state index contributed by atoms with van der Waals surface area (Å²) in [5, 5.41) is 9.12. The fourth-order valence-corrected chi connectivity index (χ4v) is 1.69. The van der Waals surface area contributed by atoms with Gasteiger partial charge in [-0.05, 0) is 30.0 Å². The van der Waals surface area contributed by atoms with E-state index >= 15 is 0 Å². The number of methoxy groups -OCH3 is 1. The van der Waals surface area contributed by atoms with Gasteiger partial charge in [-0.25, -0.2) is 4.79 Å². The van der Waals surface area contributed by atoms with E-state index in [2.05, 4.69) is 10.8 Å². The Morgan fingerprint density at radius 3 is 2.50 bits per heavy atom. The SMILES string of the molecule is COC(=O)c1ccc(C(C)C)c(C#N)c1C. The third kappa shape index (κ3) is 2.06. The Hall–Kier alpha value is -1.82. The first-order chi connectivity index (χ1) is 7.52. The summed E-state index contributed by atoms with van der Waals surface area (Å²) in [5.41, 5.74) is 2.70. The second-order valence-electron chi connectivity index (χ2n) is 3.96. The number of esters is 1. The van der Waals surface area contributed by atoms with Crippen LogP contribution in [0.25, 0.3) is 0 Å². The molecule has 0 saturated carbocycles.